The van der Waals surface area contributed by atoms with Crippen LogP contribution in [0.5, 0.6) is 0 Å². The van der Waals surface area contributed by atoms with Crippen molar-refractivity contribution in [2.24, 2.45) is 0 Å². The van der Waals surface area contributed by atoms with Gasteiger partial charge < -0.3 is 10.2 Å². The molecule has 1 atom stereocenters. The Morgan fingerprint density at radius 2 is 2.04 bits per heavy atom. The Kier molecular flexibility index (Phi) is 4.20. The predicted octanol–water partition coefficient (Wildman–Crippen LogP) is 2.25. The molecule has 4 rings (SSSR count). The first-order chi connectivity index (χ1) is 11.8. The maximum atomic E-state index is 4.42. The van der Waals surface area contributed by atoms with Crippen LogP contribution < -0.4 is 10.2 Å². The van der Waals surface area contributed by atoms with Gasteiger partial charge in [0.2, 0.25) is 0 Å². The van der Waals surface area contributed by atoms with Gasteiger partial charge in [0.25, 0.3) is 0 Å². The van der Waals surface area contributed by atoms with Crippen molar-refractivity contribution in [3.8, 4) is 0 Å². The molecule has 1 aliphatic rings. The van der Waals surface area contributed by atoms with Crippen molar-refractivity contribution >= 4 is 29.0 Å². The summed E-state index contributed by atoms with van der Waals surface area (Å²) in [5.74, 6) is 4.94. The number of pyridine rings is 1. The molecule has 0 radical (unpaired) electrons. The lowest BCUT2D eigenvalue weighted by Crippen LogP contribution is -2.33. The molecule has 7 nitrogen and oxygen atoms in total. The number of anilines is 2. The van der Waals surface area contributed by atoms with E-state index in [1.54, 1.807) is 6.33 Å². The molecule has 0 spiro atoms. The largest absolute Gasteiger partial charge is 0.360 e. The Hall–Kier alpha value is -2.35. The van der Waals surface area contributed by atoms with Crippen molar-refractivity contribution in [1.29, 1.82) is 0 Å². The molecule has 8 heteroatoms. The summed E-state index contributed by atoms with van der Waals surface area (Å²) in [6, 6.07) is 7.88. The average molecular weight is 341 g/mol. The molecule has 0 saturated carbocycles. The van der Waals surface area contributed by atoms with Crippen LogP contribution in [0.1, 0.15) is 18.8 Å². The molecular weight excluding hydrogens is 322 g/mol. The van der Waals surface area contributed by atoms with Gasteiger partial charge >= 0.3 is 0 Å². The summed E-state index contributed by atoms with van der Waals surface area (Å²) < 4.78 is 1.99. The Balaban J connectivity index is 1.54. The maximum absolute atomic E-state index is 4.42. The summed E-state index contributed by atoms with van der Waals surface area (Å²) in [6.07, 6.45) is 3.59. The summed E-state index contributed by atoms with van der Waals surface area (Å²) in [7, 11) is 0. The first-order valence-electron chi connectivity index (χ1n) is 8.02. The molecule has 1 saturated heterocycles. The molecular formula is C16H19N7S. The minimum absolute atomic E-state index is 0.0120. The summed E-state index contributed by atoms with van der Waals surface area (Å²) in [4.78, 5) is 11.1. The van der Waals surface area contributed by atoms with Gasteiger partial charge in [-0.15, -0.1) is 10.2 Å². The van der Waals surface area contributed by atoms with Gasteiger partial charge in [-0.1, -0.05) is 6.07 Å². The lowest BCUT2D eigenvalue weighted by atomic mass is 10.3. The Morgan fingerprint density at radius 1 is 1.17 bits per heavy atom. The van der Waals surface area contributed by atoms with E-state index < -0.39 is 0 Å². The maximum Gasteiger partial charge on any atom is 0.160 e. The van der Waals surface area contributed by atoms with Gasteiger partial charge in [0.15, 0.2) is 11.5 Å². The molecule has 24 heavy (non-hydrogen) atoms. The van der Waals surface area contributed by atoms with Crippen molar-refractivity contribution in [3.63, 3.8) is 0 Å². The van der Waals surface area contributed by atoms with Crippen molar-refractivity contribution < 1.29 is 0 Å². The number of nitrogens with one attached hydrogen (secondary N) is 1. The number of aromatic nitrogens is 5. The van der Waals surface area contributed by atoms with E-state index in [2.05, 4.69) is 37.3 Å². The summed E-state index contributed by atoms with van der Waals surface area (Å²) in [5, 5.41) is 11.9. The lowest BCUT2D eigenvalue weighted by Gasteiger charge is -2.27. The summed E-state index contributed by atoms with van der Waals surface area (Å²) in [5.41, 5.74) is 0.843. The molecule has 0 amide bonds. The normalized spacial score (nSPS) is 16.3. The molecule has 0 aromatic carbocycles. The molecule has 1 N–H and O–H groups in total. The van der Waals surface area contributed by atoms with Crippen molar-refractivity contribution in [2.45, 2.75) is 13.0 Å². The second kappa shape index (κ2) is 6.64. The van der Waals surface area contributed by atoms with Gasteiger partial charge in [-0.3, -0.25) is 4.40 Å². The molecule has 124 valence electrons. The van der Waals surface area contributed by atoms with Crippen LogP contribution in [0.4, 0.5) is 11.6 Å². The third-order valence-corrected chi connectivity index (χ3v) is 5.02. The monoisotopic (exact) mass is 341 g/mol. The first kappa shape index (κ1) is 15.2. The van der Waals surface area contributed by atoms with Crippen molar-refractivity contribution in [3.05, 3.63) is 42.6 Å². The Labute approximate surface area is 144 Å². The van der Waals surface area contributed by atoms with Crippen LogP contribution in [0.2, 0.25) is 0 Å². The second-order valence-corrected chi connectivity index (χ2v) is 6.94. The second-order valence-electron chi connectivity index (χ2n) is 5.71. The summed E-state index contributed by atoms with van der Waals surface area (Å²) >= 11 is 1.99. The molecule has 3 aromatic rings. The van der Waals surface area contributed by atoms with Crippen LogP contribution in [0, 0.1) is 0 Å². The number of hydrogen-bond acceptors (Lipinski definition) is 7. The molecule has 0 aliphatic carbocycles. The first-order valence-corrected chi connectivity index (χ1v) is 9.18. The Bertz CT molecular complexity index is 828. The molecule has 1 aliphatic heterocycles. The third-order valence-electron chi connectivity index (χ3n) is 4.08. The van der Waals surface area contributed by atoms with Crippen LogP contribution >= 0.6 is 11.8 Å². The van der Waals surface area contributed by atoms with E-state index in [-0.39, 0.29) is 6.04 Å². The highest BCUT2D eigenvalue weighted by Gasteiger charge is 2.16. The highest BCUT2D eigenvalue weighted by atomic mass is 32.2. The minimum Gasteiger partial charge on any atom is -0.360 e. The fourth-order valence-corrected chi connectivity index (χ4v) is 3.74. The van der Waals surface area contributed by atoms with Crippen LogP contribution in [0.3, 0.4) is 0 Å². The van der Waals surface area contributed by atoms with E-state index in [1.165, 1.54) is 0 Å². The van der Waals surface area contributed by atoms with Gasteiger partial charge in [0, 0.05) is 36.9 Å². The quantitative estimate of drug-likeness (QED) is 0.780. The number of rotatable bonds is 4. The fraction of sp³-hybridized carbons (Fsp3) is 0.375. The summed E-state index contributed by atoms with van der Waals surface area (Å²) in [6.45, 7) is 4.12. The van der Waals surface area contributed by atoms with Crippen molar-refractivity contribution in [1.82, 2.24) is 24.6 Å². The van der Waals surface area contributed by atoms with E-state index in [4.69, 9.17) is 0 Å². The fourth-order valence-electron chi connectivity index (χ4n) is 2.83. The molecule has 4 heterocycles. The van der Waals surface area contributed by atoms with Gasteiger partial charge in [0.1, 0.15) is 18.0 Å². The predicted molar refractivity (Wildman–Crippen MR) is 96.6 cm³/mol. The van der Waals surface area contributed by atoms with Crippen LogP contribution in [0.15, 0.2) is 36.8 Å². The zero-order chi connectivity index (χ0) is 16.4. The van der Waals surface area contributed by atoms with Gasteiger partial charge in [0.05, 0.1) is 6.04 Å². The van der Waals surface area contributed by atoms with E-state index >= 15 is 0 Å². The smallest absolute Gasteiger partial charge is 0.160 e. The minimum atomic E-state index is -0.0120. The Morgan fingerprint density at radius 3 is 2.92 bits per heavy atom. The van der Waals surface area contributed by atoms with Gasteiger partial charge in [-0.2, -0.15) is 11.8 Å². The van der Waals surface area contributed by atoms with E-state index in [1.807, 2.05) is 46.6 Å². The standard InChI is InChI=1S/C16H19N7S/c1-12(16-21-20-14-4-2-3-5-23(14)16)19-13-10-15(18-11-17-13)22-6-8-24-9-7-22/h2-5,10-12H,6-9H2,1H3,(H,17,18,19). The topological polar surface area (TPSA) is 71.2 Å². The highest BCUT2D eigenvalue weighted by Crippen LogP contribution is 2.21. The number of hydrogen-bond donors (Lipinski definition) is 1. The van der Waals surface area contributed by atoms with Gasteiger partial charge in [-0.25, -0.2) is 9.97 Å². The number of thioether (sulfide) groups is 1. The zero-order valence-corrected chi connectivity index (χ0v) is 14.3. The SMILES string of the molecule is CC(Nc1cc(N2CCSCC2)ncn1)c1nnc2ccccn12. The van der Waals surface area contributed by atoms with Crippen molar-refractivity contribution in [2.75, 3.05) is 34.8 Å². The van der Waals surface area contributed by atoms with Crippen LogP contribution in [0.25, 0.3) is 5.65 Å². The average Bonchev–Trinajstić information content (AvgIpc) is 3.07. The molecule has 3 aromatic heterocycles. The van der Waals surface area contributed by atoms with E-state index in [9.17, 15) is 0 Å². The highest BCUT2D eigenvalue weighted by molar-refractivity contribution is 7.99. The number of nitrogens with zero attached hydrogens (tertiary/aromatic N) is 6. The third kappa shape index (κ3) is 3.01. The number of fused-ring (bicyclic) bond motifs is 1. The van der Waals surface area contributed by atoms with Gasteiger partial charge in [-0.05, 0) is 19.1 Å². The van der Waals surface area contributed by atoms with E-state index in [0.29, 0.717) is 0 Å². The van der Waals surface area contributed by atoms with Crippen LogP contribution in [-0.4, -0.2) is 49.2 Å². The molecule has 0 bridgehead atoms. The molecule has 1 fully saturated rings. The molecule has 1 unspecified atom stereocenters. The van der Waals surface area contributed by atoms with Crippen LogP contribution in [-0.2, 0) is 0 Å². The zero-order valence-electron chi connectivity index (χ0n) is 13.5. The van der Waals surface area contributed by atoms with E-state index in [0.717, 1.165) is 47.7 Å². The lowest BCUT2D eigenvalue weighted by molar-refractivity contribution is 0.766.